The summed E-state index contributed by atoms with van der Waals surface area (Å²) in [5.74, 6) is 0. The van der Waals surface area contributed by atoms with Crippen molar-refractivity contribution in [1.29, 1.82) is 0 Å². The molecule has 2 heteroatoms. The van der Waals surface area contributed by atoms with E-state index in [1.807, 2.05) is 20.8 Å². The van der Waals surface area contributed by atoms with E-state index in [-0.39, 0.29) is 0 Å². The zero-order valence-corrected chi connectivity index (χ0v) is 7.72. The molecule has 0 atom stereocenters. The Hall–Kier alpha value is -0.500. The Morgan fingerprint density at radius 3 is 2.45 bits per heavy atom. The normalized spacial score (nSPS) is 13.6. The molecule has 2 nitrogen and oxygen atoms in total. The maximum atomic E-state index is 9.35. The average Bonchev–Trinajstić information content (AvgIpc) is 1.85. The van der Waals surface area contributed by atoms with Gasteiger partial charge in [0.2, 0.25) is 0 Å². The van der Waals surface area contributed by atoms with Gasteiger partial charge in [-0.3, -0.25) is 0 Å². The quantitative estimate of drug-likeness (QED) is 0.653. The molecule has 0 spiro atoms. The van der Waals surface area contributed by atoms with Gasteiger partial charge >= 0.3 is 0 Å². The molecular weight excluding hydrogens is 138 g/mol. The molecule has 11 heavy (non-hydrogen) atoms. The van der Waals surface area contributed by atoms with Crippen molar-refractivity contribution in [3.63, 3.8) is 0 Å². The van der Waals surface area contributed by atoms with Gasteiger partial charge in [-0.05, 0) is 46.2 Å². The van der Waals surface area contributed by atoms with Crippen LogP contribution in [0, 0.1) is 0 Å². The molecule has 0 fully saturated rings. The Morgan fingerprint density at radius 1 is 1.55 bits per heavy atom. The number of aliphatic hydroxyl groups is 1. The maximum Gasteiger partial charge on any atom is 0.0591 e. The van der Waals surface area contributed by atoms with Gasteiger partial charge in [0.05, 0.1) is 5.60 Å². The van der Waals surface area contributed by atoms with Crippen LogP contribution in [0.3, 0.4) is 0 Å². The molecule has 0 aromatic rings. The van der Waals surface area contributed by atoms with Gasteiger partial charge in [0.15, 0.2) is 0 Å². The van der Waals surface area contributed by atoms with Crippen molar-refractivity contribution in [1.82, 2.24) is 0 Å². The van der Waals surface area contributed by atoms with Crippen LogP contribution in [0.25, 0.3) is 0 Å². The average molecular weight is 157 g/mol. The van der Waals surface area contributed by atoms with Gasteiger partial charge in [0.1, 0.15) is 0 Å². The summed E-state index contributed by atoms with van der Waals surface area (Å²) in [5, 5.41) is 9.35. The number of rotatable bonds is 4. The molecule has 0 unspecified atom stereocenters. The second-order valence-electron chi connectivity index (χ2n) is 3.68. The van der Waals surface area contributed by atoms with Gasteiger partial charge < -0.3 is 10.8 Å². The highest BCUT2D eigenvalue weighted by Crippen LogP contribution is 2.14. The Morgan fingerprint density at radius 2 is 2.09 bits per heavy atom. The summed E-state index contributed by atoms with van der Waals surface area (Å²) in [6.07, 6.45) is 4.45. The maximum absolute atomic E-state index is 9.35. The fourth-order valence-electron chi connectivity index (χ4n) is 0.883. The fourth-order valence-corrected chi connectivity index (χ4v) is 0.883. The number of hydrogen-bond donors (Lipinski definition) is 2. The van der Waals surface area contributed by atoms with E-state index in [9.17, 15) is 5.11 Å². The number of nitrogens with two attached hydrogens (primary N) is 1. The molecule has 0 aliphatic carbocycles. The molecule has 0 radical (unpaired) electrons. The second kappa shape index (κ2) is 4.39. The molecule has 3 N–H and O–H groups in total. The molecule has 0 amide bonds. The molecule has 0 aromatic carbocycles. The third-order valence-electron chi connectivity index (χ3n) is 1.64. The van der Waals surface area contributed by atoms with Crippen molar-refractivity contribution in [2.75, 3.05) is 0 Å². The van der Waals surface area contributed by atoms with Gasteiger partial charge in [-0.1, -0.05) is 5.57 Å². The zero-order chi connectivity index (χ0) is 8.91. The van der Waals surface area contributed by atoms with Crippen molar-refractivity contribution < 1.29 is 5.11 Å². The minimum absolute atomic E-state index is 0.533. The first-order chi connectivity index (χ1) is 4.95. The van der Waals surface area contributed by atoms with Crippen molar-refractivity contribution >= 4 is 0 Å². The summed E-state index contributed by atoms with van der Waals surface area (Å²) in [7, 11) is 0. The number of allylic oxidation sites excluding steroid dienone is 1. The molecule has 0 aliphatic rings. The van der Waals surface area contributed by atoms with Crippen LogP contribution in [-0.4, -0.2) is 10.7 Å². The lowest BCUT2D eigenvalue weighted by atomic mass is 10.00. The first-order valence-electron chi connectivity index (χ1n) is 4.05. The van der Waals surface area contributed by atoms with Crippen molar-refractivity contribution in [2.45, 2.75) is 45.6 Å². The minimum Gasteiger partial charge on any atom is -0.405 e. The van der Waals surface area contributed by atoms with Crippen LogP contribution >= 0.6 is 0 Å². The van der Waals surface area contributed by atoms with Gasteiger partial charge in [-0.15, -0.1) is 0 Å². The van der Waals surface area contributed by atoms with Gasteiger partial charge in [-0.25, -0.2) is 0 Å². The summed E-state index contributed by atoms with van der Waals surface area (Å²) < 4.78 is 0. The van der Waals surface area contributed by atoms with E-state index in [2.05, 4.69) is 0 Å². The Balaban J connectivity index is 3.43. The van der Waals surface area contributed by atoms with Crippen LogP contribution in [0.2, 0.25) is 0 Å². The van der Waals surface area contributed by atoms with E-state index in [4.69, 9.17) is 5.73 Å². The van der Waals surface area contributed by atoms with E-state index in [1.165, 1.54) is 5.57 Å². The van der Waals surface area contributed by atoms with Crippen LogP contribution in [0.5, 0.6) is 0 Å². The van der Waals surface area contributed by atoms with Gasteiger partial charge in [-0.2, -0.15) is 0 Å². The van der Waals surface area contributed by atoms with Crippen molar-refractivity contribution in [3.8, 4) is 0 Å². The van der Waals surface area contributed by atoms with Crippen LogP contribution in [0.15, 0.2) is 11.8 Å². The molecule has 0 saturated carbocycles. The molecule has 66 valence electrons. The highest BCUT2D eigenvalue weighted by Gasteiger charge is 2.10. The summed E-state index contributed by atoms with van der Waals surface area (Å²) in [6.45, 7) is 5.66. The molecule has 0 aromatic heterocycles. The predicted octanol–water partition coefficient (Wildman–Crippen LogP) is 1.79. The minimum atomic E-state index is -0.533. The zero-order valence-electron chi connectivity index (χ0n) is 7.72. The van der Waals surface area contributed by atoms with E-state index >= 15 is 0 Å². The van der Waals surface area contributed by atoms with E-state index in [0.717, 1.165) is 19.3 Å². The smallest absolute Gasteiger partial charge is 0.0591 e. The highest BCUT2D eigenvalue weighted by atomic mass is 16.3. The molecule has 0 bridgehead atoms. The standard InChI is InChI=1S/C9H19NO/c1-8(7-10)5-4-6-9(2,3)11/h7,11H,4-6,10H2,1-3H3/b8-7+. The topological polar surface area (TPSA) is 46.2 Å². The van der Waals surface area contributed by atoms with Crippen LogP contribution in [0.1, 0.15) is 40.0 Å². The highest BCUT2D eigenvalue weighted by molar-refractivity contribution is 4.94. The largest absolute Gasteiger partial charge is 0.405 e. The van der Waals surface area contributed by atoms with E-state index < -0.39 is 5.60 Å². The first-order valence-corrected chi connectivity index (χ1v) is 4.05. The Kier molecular flexibility index (Phi) is 4.19. The molecule has 0 aliphatic heterocycles. The fraction of sp³-hybridized carbons (Fsp3) is 0.778. The summed E-state index contributed by atoms with van der Waals surface area (Å²) in [5.41, 5.74) is 5.95. The molecule has 0 saturated heterocycles. The monoisotopic (exact) mass is 157 g/mol. The second-order valence-corrected chi connectivity index (χ2v) is 3.68. The molecule has 0 heterocycles. The van der Waals surface area contributed by atoms with Crippen LogP contribution in [-0.2, 0) is 0 Å². The first kappa shape index (κ1) is 10.5. The predicted molar refractivity (Wildman–Crippen MR) is 48.1 cm³/mol. The van der Waals surface area contributed by atoms with Crippen molar-refractivity contribution in [3.05, 3.63) is 11.8 Å². The van der Waals surface area contributed by atoms with Crippen molar-refractivity contribution in [2.24, 2.45) is 5.73 Å². The number of hydrogen-bond acceptors (Lipinski definition) is 2. The molecule has 0 rings (SSSR count). The van der Waals surface area contributed by atoms with E-state index in [0.29, 0.717) is 0 Å². The Labute approximate surface area is 69.1 Å². The van der Waals surface area contributed by atoms with Crippen LogP contribution < -0.4 is 5.73 Å². The van der Waals surface area contributed by atoms with Crippen LogP contribution in [0.4, 0.5) is 0 Å². The SMILES string of the molecule is C/C(=C\N)CCCC(C)(C)O. The summed E-state index contributed by atoms with van der Waals surface area (Å²) in [4.78, 5) is 0. The summed E-state index contributed by atoms with van der Waals surface area (Å²) in [6, 6.07) is 0. The third kappa shape index (κ3) is 7.40. The lowest BCUT2D eigenvalue weighted by Crippen LogP contribution is -2.17. The van der Waals surface area contributed by atoms with Gasteiger partial charge in [0, 0.05) is 0 Å². The third-order valence-corrected chi connectivity index (χ3v) is 1.64. The van der Waals surface area contributed by atoms with Gasteiger partial charge in [0.25, 0.3) is 0 Å². The lowest BCUT2D eigenvalue weighted by molar-refractivity contribution is 0.0689. The lowest BCUT2D eigenvalue weighted by Gasteiger charge is -2.16. The van der Waals surface area contributed by atoms with E-state index in [1.54, 1.807) is 6.20 Å². The molecular formula is C9H19NO. The Bertz CT molecular complexity index is 133. The summed E-state index contributed by atoms with van der Waals surface area (Å²) >= 11 is 0.